The quantitative estimate of drug-likeness (QED) is 0.899. The Morgan fingerprint density at radius 1 is 1.18 bits per heavy atom. The van der Waals surface area contributed by atoms with E-state index in [0.29, 0.717) is 29.7 Å². The highest BCUT2D eigenvalue weighted by atomic mass is 35.5. The first-order valence-electron chi connectivity index (χ1n) is 7.74. The Morgan fingerprint density at radius 2 is 1.86 bits per heavy atom. The molecular weight excluding hydrogens is 302 g/mol. The summed E-state index contributed by atoms with van der Waals surface area (Å²) in [6.45, 7) is 0.623. The molecule has 0 aromatic heterocycles. The van der Waals surface area contributed by atoms with Crippen LogP contribution < -0.4 is 10.6 Å². The van der Waals surface area contributed by atoms with E-state index in [1.807, 2.05) is 4.90 Å². The van der Waals surface area contributed by atoms with Gasteiger partial charge in [-0.15, -0.1) is 0 Å². The lowest BCUT2D eigenvalue weighted by Crippen LogP contribution is -2.41. The molecule has 1 aliphatic heterocycles. The maximum Gasteiger partial charge on any atom is 0.319 e. The van der Waals surface area contributed by atoms with Crippen LogP contribution in [0.1, 0.15) is 32.1 Å². The lowest BCUT2D eigenvalue weighted by Gasteiger charge is -2.24. The van der Waals surface area contributed by atoms with E-state index in [4.69, 9.17) is 11.6 Å². The molecule has 3 rings (SSSR count). The minimum Gasteiger partial charge on any atom is -0.338 e. The van der Waals surface area contributed by atoms with Crippen LogP contribution in [-0.4, -0.2) is 35.5 Å². The Kier molecular flexibility index (Phi) is 4.52. The molecule has 1 heterocycles. The molecule has 2 N–H and O–H groups in total. The topological polar surface area (TPSA) is 61.4 Å². The van der Waals surface area contributed by atoms with Crippen molar-refractivity contribution in [1.82, 2.24) is 10.2 Å². The van der Waals surface area contributed by atoms with Gasteiger partial charge in [0.2, 0.25) is 5.91 Å². The molecule has 6 heteroatoms. The third-order valence-corrected chi connectivity index (χ3v) is 4.61. The van der Waals surface area contributed by atoms with Gasteiger partial charge in [0.25, 0.3) is 0 Å². The smallest absolute Gasteiger partial charge is 0.319 e. The van der Waals surface area contributed by atoms with Gasteiger partial charge in [0, 0.05) is 29.7 Å². The van der Waals surface area contributed by atoms with Crippen LogP contribution in [0.3, 0.4) is 0 Å². The van der Waals surface area contributed by atoms with Gasteiger partial charge in [-0.05, 0) is 37.1 Å². The van der Waals surface area contributed by atoms with Crippen molar-refractivity contribution in [3.05, 3.63) is 29.3 Å². The van der Waals surface area contributed by atoms with Crippen molar-refractivity contribution in [2.75, 3.05) is 11.9 Å². The Labute approximate surface area is 135 Å². The monoisotopic (exact) mass is 321 g/mol. The molecule has 0 radical (unpaired) electrons. The number of hydrogen-bond acceptors (Lipinski definition) is 2. The number of hydrogen-bond donors (Lipinski definition) is 2. The Balaban J connectivity index is 1.51. The second-order valence-corrected chi connectivity index (χ2v) is 6.43. The average molecular weight is 322 g/mol. The van der Waals surface area contributed by atoms with Crippen LogP contribution in [-0.2, 0) is 4.79 Å². The van der Waals surface area contributed by atoms with E-state index in [1.54, 1.807) is 24.3 Å². The summed E-state index contributed by atoms with van der Waals surface area (Å²) >= 11 is 5.81. The van der Waals surface area contributed by atoms with Crippen LogP contribution in [0.2, 0.25) is 5.02 Å². The number of halogens is 1. The van der Waals surface area contributed by atoms with Gasteiger partial charge in [-0.1, -0.05) is 24.4 Å². The van der Waals surface area contributed by atoms with Crippen molar-refractivity contribution >= 4 is 29.2 Å². The summed E-state index contributed by atoms with van der Waals surface area (Å²) in [4.78, 5) is 26.0. The summed E-state index contributed by atoms with van der Waals surface area (Å²) in [5.74, 6) is 0.156. The van der Waals surface area contributed by atoms with Gasteiger partial charge < -0.3 is 15.5 Å². The van der Waals surface area contributed by atoms with E-state index in [-0.39, 0.29) is 18.0 Å². The second-order valence-electron chi connectivity index (χ2n) is 5.99. The predicted molar refractivity (Wildman–Crippen MR) is 86.0 cm³/mol. The number of anilines is 1. The van der Waals surface area contributed by atoms with Gasteiger partial charge in [0.1, 0.15) is 0 Å². The predicted octanol–water partition coefficient (Wildman–Crippen LogP) is 3.01. The molecule has 1 saturated heterocycles. The fraction of sp³-hybridized carbons (Fsp3) is 0.500. The third-order valence-electron chi connectivity index (χ3n) is 4.36. The highest BCUT2D eigenvalue weighted by Gasteiger charge is 2.35. The molecule has 0 spiro atoms. The maximum absolute atomic E-state index is 12.1. The van der Waals surface area contributed by atoms with E-state index in [1.165, 1.54) is 12.8 Å². The molecule has 2 aliphatic rings. The van der Waals surface area contributed by atoms with Crippen LogP contribution in [0.15, 0.2) is 24.3 Å². The summed E-state index contributed by atoms with van der Waals surface area (Å²) in [6, 6.07) is 6.90. The number of urea groups is 1. The van der Waals surface area contributed by atoms with Crippen molar-refractivity contribution in [1.29, 1.82) is 0 Å². The molecule has 22 heavy (non-hydrogen) atoms. The van der Waals surface area contributed by atoms with Crippen LogP contribution >= 0.6 is 11.6 Å². The van der Waals surface area contributed by atoms with Gasteiger partial charge in [0.05, 0.1) is 6.04 Å². The lowest BCUT2D eigenvalue weighted by molar-refractivity contribution is -0.129. The van der Waals surface area contributed by atoms with Crippen LogP contribution in [0.4, 0.5) is 10.5 Å². The van der Waals surface area contributed by atoms with Gasteiger partial charge in [0.15, 0.2) is 0 Å². The van der Waals surface area contributed by atoms with Crippen molar-refractivity contribution in [2.45, 2.75) is 44.2 Å². The summed E-state index contributed by atoms with van der Waals surface area (Å²) in [5.41, 5.74) is 0.680. The molecular formula is C16H20ClN3O2. The first kappa shape index (κ1) is 15.2. The molecule has 0 bridgehead atoms. The number of carbonyl (C=O) groups is 2. The largest absolute Gasteiger partial charge is 0.338 e. The molecule has 118 valence electrons. The molecule has 3 amide bonds. The minimum absolute atomic E-state index is 0.111. The number of likely N-dealkylation sites (tertiary alicyclic amines) is 1. The number of nitrogens with one attached hydrogen (secondary N) is 2. The first-order chi connectivity index (χ1) is 10.6. The molecule has 1 atom stereocenters. The van der Waals surface area contributed by atoms with Crippen molar-refractivity contribution in [3.63, 3.8) is 0 Å². The molecule has 1 unspecified atom stereocenters. The minimum atomic E-state index is -0.284. The summed E-state index contributed by atoms with van der Waals surface area (Å²) < 4.78 is 0. The Morgan fingerprint density at radius 3 is 2.55 bits per heavy atom. The lowest BCUT2D eigenvalue weighted by atomic mass is 10.2. The fourth-order valence-electron chi connectivity index (χ4n) is 3.28. The zero-order valence-corrected chi connectivity index (χ0v) is 13.1. The number of benzene rings is 1. The van der Waals surface area contributed by atoms with E-state index >= 15 is 0 Å². The normalized spacial score (nSPS) is 22.1. The summed E-state index contributed by atoms with van der Waals surface area (Å²) in [5, 5.41) is 6.26. The summed E-state index contributed by atoms with van der Waals surface area (Å²) in [7, 11) is 0. The molecule has 5 nitrogen and oxygen atoms in total. The van der Waals surface area contributed by atoms with Gasteiger partial charge in [-0.25, -0.2) is 4.79 Å². The Bertz CT molecular complexity index is 555. The first-order valence-corrected chi connectivity index (χ1v) is 8.12. The van der Waals surface area contributed by atoms with Crippen LogP contribution in [0.25, 0.3) is 0 Å². The Hall–Kier alpha value is -1.75. The van der Waals surface area contributed by atoms with Crippen molar-refractivity contribution in [3.8, 4) is 0 Å². The molecule has 2 fully saturated rings. The standard InChI is InChI=1S/C16H20ClN3O2/c17-11-5-7-12(8-6-11)18-16(22)19-13-9-15(21)20(10-13)14-3-1-2-4-14/h5-8,13-14H,1-4,9-10H2,(H2,18,19,22). The molecule has 1 aromatic rings. The molecule has 1 aromatic carbocycles. The van der Waals surface area contributed by atoms with Crippen LogP contribution in [0, 0.1) is 0 Å². The van der Waals surface area contributed by atoms with E-state index in [0.717, 1.165) is 12.8 Å². The average Bonchev–Trinajstić information content (AvgIpc) is 3.11. The number of amides is 3. The number of nitrogens with zero attached hydrogens (tertiary/aromatic N) is 1. The van der Waals surface area contributed by atoms with Crippen LogP contribution in [0.5, 0.6) is 0 Å². The van der Waals surface area contributed by atoms with Gasteiger partial charge >= 0.3 is 6.03 Å². The van der Waals surface area contributed by atoms with Crippen molar-refractivity contribution in [2.24, 2.45) is 0 Å². The summed E-state index contributed by atoms with van der Waals surface area (Å²) in [6.07, 6.45) is 4.97. The zero-order valence-electron chi connectivity index (χ0n) is 12.3. The highest BCUT2D eigenvalue weighted by Crippen LogP contribution is 2.27. The second kappa shape index (κ2) is 6.57. The SMILES string of the molecule is O=C(Nc1ccc(Cl)cc1)NC1CC(=O)N(C2CCCC2)C1. The van der Waals surface area contributed by atoms with Gasteiger partial charge in [-0.3, -0.25) is 4.79 Å². The van der Waals surface area contributed by atoms with Crippen molar-refractivity contribution < 1.29 is 9.59 Å². The number of carbonyl (C=O) groups excluding carboxylic acids is 2. The molecule has 1 saturated carbocycles. The highest BCUT2D eigenvalue weighted by molar-refractivity contribution is 6.30. The fourth-order valence-corrected chi connectivity index (χ4v) is 3.41. The van der Waals surface area contributed by atoms with E-state index in [2.05, 4.69) is 10.6 Å². The molecule has 1 aliphatic carbocycles. The zero-order chi connectivity index (χ0) is 15.5. The third kappa shape index (κ3) is 3.53. The van der Waals surface area contributed by atoms with Gasteiger partial charge in [-0.2, -0.15) is 0 Å². The number of rotatable bonds is 3. The van der Waals surface area contributed by atoms with E-state index in [9.17, 15) is 9.59 Å². The maximum atomic E-state index is 12.1. The van der Waals surface area contributed by atoms with E-state index < -0.39 is 0 Å².